The Labute approximate surface area is 135 Å². The maximum Gasteiger partial charge on any atom is 0.312 e. The zero-order chi connectivity index (χ0) is 13.7. The number of hydrogen-bond donors (Lipinski definition) is 1. The lowest BCUT2D eigenvalue weighted by Gasteiger charge is -2.35. The minimum Gasteiger partial charge on any atom is -0.466 e. The fourth-order valence-corrected chi connectivity index (χ4v) is 3.07. The molecule has 1 aliphatic heterocycles. The van der Waals surface area contributed by atoms with Crippen molar-refractivity contribution in [2.75, 3.05) is 19.7 Å². The van der Waals surface area contributed by atoms with Gasteiger partial charge in [0.1, 0.15) is 0 Å². The molecule has 2 rings (SSSR count). The molecule has 1 fully saturated rings. The third-order valence-electron chi connectivity index (χ3n) is 3.76. The van der Waals surface area contributed by atoms with E-state index in [1.54, 1.807) is 0 Å². The van der Waals surface area contributed by atoms with Gasteiger partial charge in [-0.1, -0.05) is 34.1 Å². The first kappa shape index (κ1) is 17.5. The average Bonchev–Trinajstić information content (AvgIpc) is 2.43. The van der Waals surface area contributed by atoms with Crippen LogP contribution < -0.4 is 5.32 Å². The van der Waals surface area contributed by atoms with Crippen molar-refractivity contribution >= 4 is 34.3 Å². The Morgan fingerprint density at radius 3 is 2.60 bits per heavy atom. The van der Waals surface area contributed by atoms with Crippen LogP contribution in [0.1, 0.15) is 25.3 Å². The highest BCUT2D eigenvalue weighted by atomic mass is 79.9. The molecule has 0 amide bonds. The molecule has 112 valence electrons. The molecule has 0 bridgehead atoms. The molecule has 20 heavy (non-hydrogen) atoms. The second-order valence-corrected chi connectivity index (χ2v) is 5.87. The van der Waals surface area contributed by atoms with Gasteiger partial charge in [0, 0.05) is 4.47 Å². The van der Waals surface area contributed by atoms with E-state index in [0.717, 1.165) is 36.8 Å². The van der Waals surface area contributed by atoms with Crippen molar-refractivity contribution in [2.45, 2.75) is 26.2 Å². The van der Waals surface area contributed by atoms with E-state index in [4.69, 9.17) is 4.74 Å². The molecule has 0 radical (unpaired) electrons. The Hall–Kier alpha value is -0.580. The number of carbonyl (C=O) groups is 1. The molecule has 1 heterocycles. The maximum atomic E-state index is 12.4. The van der Waals surface area contributed by atoms with Gasteiger partial charge >= 0.3 is 5.97 Å². The van der Waals surface area contributed by atoms with Gasteiger partial charge in [0.15, 0.2) is 0 Å². The summed E-state index contributed by atoms with van der Waals surface area (Å²) in [5, 5.41) is 3.32. The zero-order valence-corrected chi connectivity index (χ0v) is 14.1. The highest BCUT2D eigenvalue weighted by Gasteiger charge is 2.41. The summed E-state index contributed by atoms with van der Waals surface area (Å²) >= 11 is 3.57. The van der Waals surface area contributed by atoms with Crippen LogP contribution in [0.2, 0.25) is 0 Å². The first-order chi connectivity index (χ1) is 9.18. The van der Waals surface area contributed by atoms with Crippen LogP contribution in [0.5, 0.6) is 0 Å². The van der Waals surface area contributed by atoms with E-state index in [1.807, 2.05) is 25.1 Å². The quantitative estimate of drug-likeness (QED) is 0.835. The summed E-state index contributed by atoms with van der Waals surface area (Å²) in [7, 11) is 0. The summed E-state index contributed by atoms with van der Waals surface area (Å²) in [5.41, 5.74) is 0.808. The van der Waals surface area contributed by atoms with Crippen LogP contribution in [0.3, 0.4) is 0 Å². The monoisotopic (exact) mass is 361 g/mol. The zero-order valence-electron chi connectivity index (χ0n) is 11.7. The molecule has 0 aromatic heterocycles. The molecule has 0 saturated carbocycles. The van der Waals surface area contributed by atoms with Crippen molar-refractivity contribution in [3.8, 4) is 0 Å². The van der Waals surface area contributed by atoms with E-state index in [-0.39, 0.29) is 23.8 Å². The Morgan fingerprint density at radius 1 is 1.35 bits per heavy atom. The van der Waals surface area contributed by atoms with Gasteiger partial charge in [-0.3, -0.25) is 4.79 Å². The number of carbonyl (C=O) groups excluding carboxylic acids is 1. The molecule has 0 spiro atoms. The van der Waals surface area contributed by atoms with Crippen molar-refractivity contribution in [2.24, 2.45) is 5.41 Å². The summed E-state index contributed by atoms with van der Waals surface area (Å²) in [5.74, 6) is -0.0488. The van der Waals surface area contributed by atoms with E-state index in [9.17, 15) is 4.79 Å². The molecular weight excluding hydrogens is 342 g/mol. The van der Waals surface area contributed by atoms with Gasteiger partial charge in [-0.2, -0.15) is 0 Å². The minimum absolute atomic E-state index is 0. The number of benzene rings is 1. The number of rotatable bonds is 4. The molecule has 0 aliphatic carbocycles. The van der Waals surface area contributed by atoms with Gasteiger partial charge < -0.3 is 10.1 Å². The first-order valence-electron chi connectivity index (χ1n) is 6.79. The largest absolute Gasteiger partial charge is 0.466 e. The topological polar surface area (TPSA) is 38.3 Å². The second-order valence-electron chi connectivity index (χ2n) is 5.02. The van der Waals surface area contributed by atoms with Crippen LogP contribution in [-0.2, 0) is 16.0 Å². The lowest BCUT2D eigenvalue weighted by Crippen LogP contribution is -2.44. The van der Waals surface area contributed by atoms with Crippen molar-refractivity contribution in [1.82, 2.24) is 5.32 Å². The summed E-state index contributed by atoms with van der Waals surface area (Å²) < 4.78 is 6.38. The number of ether oxygens (including phenoxy) is 1. The molecular formula is C15H21BrClNO2. The summed E-state index contributed by atoms with van der Waals surface area (Å²) in [6, 6.07) is 8.11. The lowest BCUT2D eigenvalue weighted by atomic mass is 9.74. The maximum absolute atomic E-state index is 12.4. The van der Waals surface area contributed by atoms with Crippen molar-refractivity contribution in [3.05, 3.63) is 34.3 Å². The fraction of sp³-hybridized carbons (Fsp3) is 0.533. The lowest BCUT2D eigenvalue weighted by molar-refractivity contribution is -0.157. The summed E-state index contributed by atoms with van der Waals surface area (Å²) in [6.45, 7) is 4.07. The molecule has 1 aliphatic rings. The number of hydrogen-bond acceptors (Lipinski definition) is 3. The van der Waals surface area contributed by atoms with Crippen LogP contribution in [0.25, 0.3) is 0 Å². The van der Waals surface area contributed by atoms with Gasteiger partial charge in [-0.15, -0.1) is 12.4 Å². The van der Waals surface area contributed by atoms with Crippen molar-refractivity contribution in [3.63, 3.8) is 0 Å². The Morgan fingerprint density at radius 2 is 2.00 bits per heavy atom. The van der Waals surface area contributed by atoms with Crippen LogP contribution >= 0.6 is 28.3 Å². The van der Waals surface area contributed by atoms with Crippen molar-refractivity contribution < 1.29 is 9.53 Å². The Bertz CT molecular complexity index is 447. The molecule has 3 nitrogen and oxygen atoms in total. The molecule has 0 atom stereocenters. The number of nitrogens with one attached hydrogen (secondary N) is 1. The molecule has 0 unspecified atom stereocenters. The predicted octanol–water partition coefficient (Wildman–Crippen LogP) is 3.35. The van der Waals surface area contributed by atoms with Gasteiger partial charge in [0.25, 0.3) is 0 Å². The number of esters is 1. The summed E-state index contributed by atoms with van der Waals surface area (Å²) in [4.78, 5) is 12.4. The highest BCUT2D eigenvalue weighted by Crippen LogP contribution is 2.36. The summed E-state index contributed by atoms with van der Waals surface area (Å²) in [6.07, 6.45) is 2.43. The molecule has 1 aromatic carbocycles. The number of piperidine rings is 1. The molecule has 1 N–H and O–H groups in total. The highest BCUT2D eigenvalue weighted by molar-refractivity contribution is 9.10. The third-order valence-corrected chi connectivity index (χ3v) is 4.53. The Balaban J connectivity index is 0.00000200. The predicted molar refractivity (Wildman–Crippen MR) is 86.3 cm³/mol. The van der Waals surface area contributed by atoms with Crippen molar-refractivity contribution in [1.29, 1.82) is 0 Å². The minimum atomic E-state index is -0.370. The van der Waals surface area contributed by atoms with E-state index < -0.39 is 0 Å². The van der Waals surface area contributed by atoms with Crippen LogP contribution in [-0.4, -0.2) is 25.7 Å². The second kappa shape index (κ2) is 8.01. The van der Waals surface area contributed by atoms with Gasteiger partial charge in [-0.05, 0) is 50.9 Å². The average molecular weight is 363 g/mol. The molecule has 5 heteroatoms. The van der Waals surface area contributed by atoms with Gasteiger partial charge in [0.05, 0.1) is 12.0 Å². The number of halogens is 2. The van der Waals surface area contributed by atoms with Crippen LogP contribution in [0, 0.1) is 5.41 Å². The molecule has 1 saturated heterocycles. The van der Waals surface area contributed by atoms with E-state index >= 15 is 0 Å². The van der Waals surface area contributed by atoms with Gasteiger partial charge in [-0.25, -0.2) is 0 Å². The third kappa shape index (κ3) is 3.96. The van der Waals surface area contributed by atoms with Gasteiger partial charge in [0.2, 0.25) is 0 Å². The standard InChI is InChI=1S/C15H20BrNO2.ClH/c1-2-19-14(18)15(7-9-17-10-8-15)11-12-5-3-4-6-13(12)16;/h3-6,17H,2,7-11H2,1H3;1H. The SMILES string of the molecule is CCOC(=O)C1(Cc2ccccc2Br)CCNCC1.Cl. The van der Waals surface area contributed by atoms with E-state index in [1.165, 1.54) is 5.56 Å². The fourth-order valence-electron chi connectivity index (χ4n) is 2.65. The van der Waals surface area contributed by atoms with Crippen LogP contribution in [0.4, 0.5) is 0 Å². The Kier molecular flexibility index (Phi) is 7.00. The van der Waals surface area contributed by atoms with Crippen LogP contribution in [0.15, 0.2) is 28.7 Å². The van der Waals surface area contributed by atoms with E-state index in [0.29, 0.717) is 6.61 Å². The first-order valence-corrected chi connectivity index (χ1v) is 7.58. The normalized spacial score (nSPS) is 17.1. The van der Waals surface area contributed by atoms with E-state index in [2.05, 4.69) is 27.3 Å². The molecule has 1 aromatic rings. The smallest absolute Gasteiger partial charge is 0.312 e.